The van der Waals surface area contributed by atoms with Crippen LogP contribution in [0.2, 0.25) is 0 Å². The molecule has 1 aliphatic heterocycles. The number of hydrogen-bond acceptors (Lipinski definition) is 3. The molecule has 1 atom stereocenters. The summed E-state index contributed by atoms with van der Waals surface area (Å²) in [5.41, 5.74) is 3.06. The minimum Gasteiger partial charge on any atom is -0.504 e. The lowest BCUT2D eigenvalue weighted by molar-refractivity contribution is 0.400. The maximum atomic E-state index is 10.0. The van der Waals surface area contributed by atoms with Gasteiger partial charge >= 0.3 is 0 Å². The molecule has 0 amide bonds. The van der Waals surface area contributed by atoms with Crippen molar-refractivity contribution in [1.29, 1.82) is 0 Å². The van der Waals surface area contributed by atoms with Crippen molar-refractivity contribution in [3.05, 3.63) is 71.8 Å². The molecule has 2 aromatic carbocycles. The molecule has 1 unspecified atom stereocenters. The number of nitrogens with one attached hydrogen (secondary N) is 1. The fourth-order valence-corrected chi connectivity index (χ4v) is 3.45. The first-order chi connectivity index (χ1) is 10.7. The molecule has 0 fully saturated rings. The normalized spacial score (nSPS) is 20.0. The van der Waals surface area contributed by atoms with Gasteiger partial charge in [0, 0.05) is 12.0 Å². The van der Waals surface area contributed by atoms with E-state index >= 15 is 0 Å². The summed E-state index contributed by atoms with van der Waals surface area (Å²) in [4.78, 5) is 0. The van der Waals surface area contributed by atoms with Gasteiger partial charge in [-0.25, -0.2) is 0 Å². The summed E-state index contributed by atoms with van der Waals surface area (Å²) in [5, 5.41) is 23.4. The van der Waals surface area contributed by atoms with E-state index in [9.17, 15) is 10.2 Å². The summed E-state index contributed by atoms with van der Waals surface area (Å²) in [5.74, 6) is -0.119. The van der Waals surface area contributed by atoms with E-state index in [1.54, 1.807) is 12.1 Å². The van der Waals surface area contributed by atoms with Crippen LogP contribution < -0.4 is 5.32 Å². The van der Waals surface area contributed by atoms with Crippen molar-refractivity contribution in [2.75, 3.05) is 13.1 Å². The number of phenolic OH excluding ortho intramolecular Hbond substituents is 2. The molecule has 0 bridgehead atoms. The van der Waals surface area contributed by atoms with Crippen LogP contribution in [0.15, 0.2) is 55.1 Å². The Labute approximate surface area is 147 Å². The largest absolute Gasteiger partial charge is 0.504 e. The van der Waals surface area contributed by atoms with Gasteiger partial charge in [-0.2, -0.15) is 0 Å². The minimum absolute atomic E-state index is 0. The molecule has 1 heterocycles. The van der Waals surface area contributed by atoms with Crippen LogP contribution in [0.4, 0.5) is 0 Å². The molecule has 0 aromatic heterocycles. The highest BCUT2D eigenvalue weighted by atomic mass is 79.9. The summed E-state index contributed by atoms with van der Waals surface area (Å²) in [7, 11) is 0. The Morgan fingerprint density at radius 3 is 2.52 bits per heavy atom. The molecule has 1 aliphatic rings. The Hall–Kier alpha value is -1.78. The summed E-state index contributed by atoms with van der Waals surface area (Å²) >= 11 is 0. The van der Waals surface area contributed by atoms with Crippen molar-refractivity contribution in [3.8, 4) is 11.5 Å². The Morgan fingerprint density at radius 1 is 1.13 bits per heavy atom. The van der Waals surface area contributed by atoms with Crippen LogP contribution in [0.1, 0.15) is 23.1 Å². The van der Waals surface area contributed by atoms with Crippen LogP contribution in [-0.2, 0) is 11.8 Å². The predicted octanol–water partition coefficient (Wildman–Crippen LogP) is 3.68. The molecule has 0 spiro atoms. The third kappa shape index (κ3) is 3.14. The lowest BCUT2D eigenvalue weighted by Crippen LogP contribution is -2.38. The first kappa shape index (κ1) is 17.6. The molecule has 3 nitrogen and oxygen atoms in total. The first-order valence-electron chi connectivity index (χ1n) is 7.60. The monoisotopic (exact) mass is 375 g/mol. The number of aromatic hydroxyl groups is 2. The zero-order chi connectivity index (χ0) is 15.6. The molecule has 4 heteroatoms. The molecule has 0 radical (unpaired) electrons. The van der Waals surface area contributed by atoms with Crippen LogP contribution in [0, 0.1) is 0 Å². The van der Waals surface area contributed by atoms with E-state index in [0.717, 1.165) is 37.1 Å². The van der Waals surface area contributed by atoms with Gasteiger partial charge in [-0.1, -0.05) is 36.4 Å². The van der Waals surface area contributed by atoms with Crippen molar-refractivity contribution in [2.24, 2.45) is 0 Å². The second-order valence-corrected chi connectivity index (χ2v) is 5.87. The van der Waals surface area contributed by atoms with Crippen molar-refractivity contribution >= 4 is 17.0 Å². The summed E-state index contributed by atoms with van der Waals surface area (Å²) in [6, 6.07) is 13.7. The molecular weight excluding hydrogens is 354 g/mol. The van der Waals surface area contributed by atoms with Gasteiger partial charge in [0.2, 0.25) is 0 Å². The van der Waals surface area contributed by atoms with Gasteiger partial charge in [-0.15, -0.1) is 23.6 Å². The van der Waals surface area contributed by atoms with E-state index in [1.807, 2.05) is 24.3 Å². The second kappa shape index (κ2) is 7.20. The number of fused-ring (bicyclic) bond motifs is 1. The van der Waals surface area contributed by atoms with Gasteiger partial charge in [0.15, 0.2) is 11.5 Å². The topological polar surface area (TPSA) is 52.5 Å². The highest BCUT2D eigenvalue weighted by molar-refractivity contribution is 8.93. The fourth-order valence-electron chi connectivity index (χ4n) is 3.45. The van der Waals surface area contributed by atoms with Gasteiger partial charge in [0.1, 0.15) is 0 Å². The Kier molecular flexibility index (Phi) is 5.50. The maximum absolute atomic E-state index is 10.0. The van der Waals surface area contributed by atoms with Crippen LogP contribution in [-0.4, -0.2) is 23.3 Å². The van der Waals surface area contributed by atoms with Crippen molar-refractivity contribution in [3.63, 3.8) is 0 Å². The average molecular weight is 376 g/mol. The number of phenols is 2. The lowest BCUT2D eigenvalue weighted by atomic mass is 9.70. The van der Waals surface area contributed by atoms with Gasteiger partial charge < -0.3 is 15.5 Å². The van der Waals surface area contributed by atoms with E-state index in [-0.39, 0.29) is 33.9 Å². The Bertz CT molecular complexity index is 687. The standard InChI is InChI=1S/C19H21NO2.BrH/c1-2-9-19(15-6-4-3-5-7-15)13-20-10-8-14-11-17(21)18(22)12-16(14)19;/h2-7,11-12,20-22H,1,8-10,13H2;1H. The van der Waals surface area contributed by atoms with Gasteiger partial charge in [0.25, 0.3) is 0 Å². The molecule has 0 saturated carbocycles. The van der Waals surface area contributed by atoms with Crippen LogP contribution in [0.3, 0.4) is 0 Å². The highest BCUT2D eigenvalue weighted by Crippen LogP contribution is 2.42. The van der Waals surface area contributed by atoms with E-state index < -0.39 is 0 Å². The van der Waals surface area contributed by atoms with Gasteiger partial charge in [-0.3, -0.25) is 0 Å². The highest BCUT2D eigenvalue weighted by Gasteiger charge is 2.36. The minimum atomic E-state index is -0.278. The summed E-state index contributed by atoms with van der Waals surface area (Å²) < 4.78 is 0. The molecule has 2 aromatic rings. The number of allylic oxidation sites excluding steroid dienone is 1. The smallest absolute Gasteiger partial charge is 0.157 e. The van der Waals surface area contributed by atoms with Crippen LogP contribution in [0.25, 0.3) is 0 Å². The van der Waals surface area contributed by atoms with Crippen LogP contribution in [0.5, 0.6) is 11.5 Å². The SMILES string of the molecule is Br.C=CCC1(c2ccccc2)CNCCc2cc(O)c(O)cc21. The number of hydrogen-bond donors (Lipinski definition) is 3. The molecule has 3 rings (SSSR count). The lowest BCUT2D eigenvalue weighted by Gasteiger charge is -2.34. The number of rotatable bonds is 3. The third-order valence-corrected chi connectivity index (χ3v) is 4.53. The van der Waals surface area contributed by atoms with Gasteiger partial charge in [-0.05, 0) is 48.2 Å². The quantitative estimate of drug-likeness (QED) is 0.566. The van der Waals surface area contributed by atoms with Crippen LogP contribution >= 0.6 is 17.0 Å². The summed E-state index contributed by atoms with van der Waals surface area (Å²) in [6.45, 7) is 5.56. The molecule has 3 N–H and O–H groups in total. The average Bonchev–Trinajstić information content (AvgIpc) is 2.70. The van der Waals surface area contributed by atoms with Crippen molar-refractivity contribution in [1.82, 2.24) is 5.32 Å². The Balaban J connectivity index is 0.00000192. The van der Waals surface area contributed by atoms with E-state index in [1.165, 1.54) is 5.56 Å². The predicted molar refractivity (Wildman–Crippen MR) is 98.7 cm³/mol. The number of halogens is 1. The molecule has 23 heavy (non-hydrogen) atoms. The zero-order valence-corrected chi connectivity index (χ0v) is 14.7. The molecule has 122 valence electrons. The second-order valence-electron chi connectivity index (χ2n) is 5.87. The van der Waals surface area contributed by atoms with Gasteiger partial charge in [0.05, 0.1) is 0 Å². The molecule has 0 aliphatic carbocycles. The summed E-state index contributed by atoms with van der Waals surface area (Å²) in [6.07, 6.45) is 3.52. The van der Waals surface area contributed by atoms with E-state index in [2.05, 4.69) is 24.0 Å². The van der Waals surface area contributed by atoms with E-state index in [4.69, 9.17) is 0 Å². The Morgan fingerprint density at radius 2 is 1.83 bits per heavy atom. The first-order valence-corrected chi connectivity index (χ1v) is 7.60. The van der Waals surface area contributed by atoms with Crippen molar-refractivity contribution < 1.29 is 10.2 Å². The van der Waals surface area contributed by atoms with E-state index in [0.29, 0.717) is 0 Å². The van der Waals surface area contributed by atoms with Crippen molar-refractivity contribution in [2.45, 2.75) is 18.3 Å². The number of benzene rings is 2. The fraction of sp³-hybridized carbons (Fsp3) is 0.263. The molecular formula is C19H22BrNO2. The molecule has 0 saturated heterocycles. The zero-order valence-electron chi connectivity index (χ0n) is 13.0. The third-order valence-electron chi connectivity index (χ3n) is 4.53. The maximum Gasteiger partial charge on any atom is 0.157 e.